The van der Waals surface area contributed by atoms with Gasteiger partial charge in [-0.25, -0.2) is 0 Å². The number of carbonyl (C=O) groups excluding carboxylic acids is 1. The number of hydrogen-bond acceptors (Lipinski definition) is 2. The van der Waals surface area contributed by atoms with Gasteiger partial charge in [-0.05, 0) is 54.5 Å². The van der Waals surface area contributed by atoms with E-state index in [0.717, 1.165) is 28.8 Å². The van der Waals surface area contributed by atoms with E-state index in [1.54, 1.807) is 11.8 Å². The molecular weight excluding hydrogens is 314 g/mol. The zero-order valence-electron chi connectivity index (χ0n) is 13.6. The maximum absolute atomic E-state index is 12.6. The first-order valence-corrected chi connectivity index (χ1v) is 9.16. The van der Waals surface area contributed by atoms with Crippen molar-refractivity contribution in [2.75, 3.05) is 5.32 Å². The van der Waals surface area contributed by atoms with Crippen LogP contribution in [0.4, 0.5) is 5.69 Å². The van der Waals surface area contributed by atoms with Gasteiger partial charge < -0.3 is 5.32 Å². The Balaban J connectivity index is 1.57. The third kappa shape index (κ3) is 2.80. The van der Waals surface area contributed by atoms with Gasteiger partial charge in [-0.2, -0.15) is 0 Å². The molecule has 0 saturated heterocycles. The second-order valence-corrected chi connectivity index (χ2v) is 7.59. The van der Waals surface area contributed by atoms with Crippen LogP contribution in [-0.2, 0) is 17.6 Å². The highest BCUT2D eigenvalue weighted by Crippen LogP contribution is 2.35. The molecule has 4 rings (SSSR count). The molecule has 1 atom stereocenters. The SMILES string of the molecule is C[C@@H](Sc1ccccc1)C(=O)Nc1ccc2c3c(cccc13)CC2. The lowest BCUT2D eigenvalue weighted by atomic mass is 10.0. The van der Waals surface area contributed by atoms with Gasteiger partial charge in [-0.1, -0.05) is 42.5 Å². The Hall–Kier alpha value is -2.26. The molecule has 120 valence electrons. The van der Waals surface area contributed by atoms with Crippen LogP contribution in [0.3, 0.4) is 0 Å². The van der Waals surface area contributed by atoms with E-state index in [-0.39, 0.29) is 11.2 Å². The minimum Gasteiger partial charge on any atom is -0.325 e. The lowest BCUT2D eigenvalue weighted by Gasteiger charge is -2.14. The summed E-state index contributed by atoms with van der Waals surface area (Å²) in [4.78, 5) is 13.7. The standard InChI is InChI=1S/C21H19NOS/c1-14(24-17-7-3-2-4-8-17)21(23)22-19-13-12-16-11-10-15-6-5-9-18(19)20(15)16/h2-9,12-14H,10-11H2,1H3,(H,22,23)/t14-/m1/s1. The minimum atomic E-state index is -0.143. The van der Waals surface area contributed by atoms with Crippen LogP contribution in [0.25, 0.3) is 10.8 Å². The van der Waals surface area contributed by atoms with Gasteiger partial charge in [0.25, 0.3) is 0 Å². The fourth-order valence-corrected chi connectivity index (χ4v) is 4.24. The molecule has 3 heteroatoms. The molecular formula is C21H19NOS. The number of aryl methyl sites for hydroxylation is 2. The summed E-state index contributed by atoms with van der Waals surface area (Å²) in [5, 5.41) is 5.48. The zero-order valence-corrected chi connectivity index (χ0v) is 14.4. The number of rotatable bonds is 4. The highest BCUT2D eigenvalue weighted by molar-refractivity contribution is 8.00. The molecule has 0 fully saturated rings. The second kappa shape index (κ2) is 6.33. The molecule has 0 heterocycles. The van der Waals surface area contributed by atoms with Crippen molar-refractivity contribution in [2.24, 2.45) is 0 Å². The average Bonchev–Trinajstić information content (AvgIpc) is 3.03. The molecule has 0 spiro atoms. The largest absolute Gasteiger partial charge is 0.325 e. The minimum absolute atomic E-state index is 0.0440. The van der Waals surface area contributed by atoms with Crippen molar-refractivity contribution in [1.82, 2.24) is 0 Å². The van der Waals surface area contributed by atoms with Crippen LogP contribution in [0.5, 0.6) is 0 Å². The molecule has 0 bridgehead atoms. The van der Waals surface area contributed by atoms with Crippen LogP contribution >= 0.6 is 11.8 Å². The first-order valence-electron chi connectivity index (χ1n) is 8.28. The molecule has 1 aliphatic carbocycles. The number of amides is 1. The van der Waals surface area contributed by atoms with Crippen LogP contribution in [-0.4, -0.2) is 11.2 Å². The molecule has 3 aromatic rings. The monoisotopic (exact) mass is 333 g/mol. The summed E-state index contributed by atoms with van der Waals surface area (Å²) >= 11 is 1.58. The van der Waals surface area contributed by atoms with Crippen LogP contribution in [0.1, 0.15) is 18.1 Å². The van der Waals surface area contributed by atoms with Crippen LogP contribution in [0.15, 0.2) is 65.6 Å². The van der Waals surface area contributed by atoms with E-state index in [1.165, 1.54) is 16.5 Å². The predicted molar refractivity (Wildman–Crippen MR) is 102 cm³/mol. The molecule has 0 unspecified atom stereocenters. The summed E-state index contributed by atoms with van der Waals surface area (Å²) in [6.45, 7) is 1.95. The number of carbonyl (C=O) groups is 1. The van der Waals surface area contributed by atoms with Crippen molar-refractivity contribution in [1.29, 1.82) is 0 Å². The number of thioether (sulfide) groups is 1. The number of anilines is 1. The van der Waals surface area contributed by atoms with Crippen LogP contribution < -0.4 is 5.32 Å². The maximum Gasteiger partial charge on any atom is 0.237 e. The summed E-state index contributed by atoms with van der Waals surface area (Å²) < 4.78 is 0. The summed E-state index contributed by atoms with van der Waals surface area (Å²) in [7, 11) is 0. The summed E-state index contributed by atoms with van der Waals surface area (Å²) in [5.74, 6) is 0.0440. The lowest BCUT2D eigenvalue weighted by Crippen LogP contribution is -2.22. The van der Waals surface area contributed by atoms with E-state index in [2.05, 4.69) is 29.6 Å². The Morgan fingerprint density at radius 2 is 1.71 bits per heavy atom. The molecule has 1 aliphatic rings. The highest BCUT2D eigenvalue weighted by Gasteiger charge is 2.19. The van der Waals surface area contributed by atoms with Gasteiger partial charge in [0, 0.05) is 16.0 Å². The first-order chi connectivity index (χ1) is 11.7. The van der Waals surface area contributed by atoms with Crippen LogP contribution in [0.2, 0.25) is 0 Å². The molecule has 0 saturated carbocycles. The van der Waals surface area contributed by atoms with E-state index >= 15 is 0 Å². The smallest absolute Gasteiger partial charge is 0.237 e. The van der Waals surface area contributed by atoms with Crippen molar-refractivity contribution in [3.05, 3.63) is 71.8 Å². The summed E-state index contributed by atoms with van der Waals surface area (Å²) in [6, 6.07) is 20.6. The Labute approximate surface area is 146 Å². The van der Waals surface area contributed by atoms with Crippen molar-refractivity contribution >= 4 is 34.1 Å². The van der Waals surface area contributed by atoms with E-state index in [9.17, 15) is 4.79 Å². The molecule has 0 aromatic heterocycles. The van der Waals surface area contributed by atoms with Crippen molar-refractivity contribution < 1.29 is 4.79 Å². The third-order valence-corrected chi connectivity index (χ3v) is 5.67. The van der Waals surface area contributed by atoms with Crippen molar-refractivity contribution in [3.63, 3.8) is 0 Å². The molecule has 24 heavy (non-hydrogen) atoms. The topological polar surface area (TPSA) is 29.1 Å². The molecule has 0 aliphatic heterocycles. The zero-order chi connectivity index (χ0) is 16.5. The molecule has 0 radical (unpaired) electrons. The van der Waals surface area contributed by atoms with E-state index in [1.807, 2.05) is 43.3 Å². The third-order valence-electron chi connectivity index (χ3n) is 4.56. The van der Waals surface area contributed by atoms with Gasteiger partial charge in [0.1, 0.15) is 0 Å². The van der Waals surface area contributed by atoms with Gasteiger partial charge in [0.05, 0.1) is 5.25 Å². The predicted octanol–water partition coefficient (Wildman–Crippen LogP) is 5.06. The van der Waals surface area contributed by atoms with Gasteiger partial charge in [0.15, 0.2) is 0 Å². The van der Waals surface area contributed by atoms with E-state index in [4.69, 9.17) is 0 Å². The Bertz CT molecular complexity index is 894. The average molecular weight is 333 g/mol. The Morgan fingerprint density at radius 3 is 2.50 bits per heavy atom. The Morgan fingerprint density at radius 1 is 0.958 bits per heavy atom. The van der Waals surface area contributed by atoms with Gasteiger partial charge in [-0.15, -0.1) is 11.8 Å². The fraction of sp³-hybridized carbons (Fsp3) is 0.190. The fourth-order valence-electron chi connectivity index (χ4n) is 3.35. The lowest BCUT2D eigenvalue weighted by molar-refractivity contribution is -0.115. The second-order valence-electron chi connectivity index (χ2n) is 6.17. The van der Waals surface area contributed by atoms with Crippen molar-refractivity contribution in [3.8, 4) is 0 Å². The van der Waals surface area contributed by atoms with E-state index in [0.29, 0.717) is 0 Å². The highest BCUT2D eigenvalue weighted by atomic mass is 32.2. The first kappa shape index (κ1) is 15.3. The number of nitrogens with one attached hydrogen (secondary N) is 1. The summed E-state index contributed by atoms with van der Waals surface area (Å²) in [6.07, 6.45) is 2.20. The van der Waals surface area contributed by atoms with Gasteiger partial charge in [0.2, 0.25) is 5.91 Å². The molecule has 3 aromatic carbocycles. The number of benzene rings is 3. The molecule has 1 N–H and O–H groups in total. The normalized spacial score (nSPS) is 13.9. The molecule has 2 nitrogen and oxygen atoms in total. The quantitative estimate of drug-likeness (QED) is 0.676. The van der Waals surface area contributed by atoms with Crippen molar-refractivity contribution in [2.45, 2.75) is 29.9 Å². The van der Waals surface area contributed by atoms with Gasteiger partial charge in [-0.3, -0.25) is 4.79 Å². The Kier molecular flexibility index (Phi) is 4.03. The van der Waals surface area contributed by atoms with E-state index < -0.39 is 0 Å². The molecule has 1 amide bonds. The summed E-state index contributed by atoms with van der Waals surface area (Å²) in [5.41, 5.74) is 3.71. The van der Waals surface area contributed by atoms with Gasteiger partial charge >= 0.3 is 0 Å². The maximum atomic E-state index is 12.6. The number of hydrogen-bond donors (Lipinski definition) is 1. The van der Waals surface area contributed by atoms with Crippen LogP contribution in [0, 0.1) is 0 Å².